The van der Waals surface area contributed by atoms with E-state index in [4.69, 9.17) is 0 Å². The summed E-state index contributed by atoms with van der Waals surface area (Å²) in [4.78, 5) is 0. The molecule has 2 aliphatic rings. The van der Waals surface area contributed by atoms with Crippen LogP contribution >= 0.6 is 0 Å². The van der Waals surface area contributed by atoms with Crippen molar-refractivity contribution in [3.05, 3.63) is 24.8 Å². The van der Waals surface area contributed by atoms with Gasteiger partial charge >= 0.3 is 0 Å². The van der Waals surface area contributed by atoms with Gasteiger partial charge in [0.05, 0.1) is 17.8 Å². The van der Waals surface area contributed by atoms with Crippen LogP contribution in [0.4, 0.5) is 0 Å². The first-order valence-electron chi connectivity index (χ1n) is 8.97. The van der Waals surface area contributed by atoms with Crippen molar-refractivity contribution in [2.75, 3.05) is 0 Å². The molecule has 0 aromatic rings. The van der Waals surface area contributed by atoms with Crippen LogP contribution in [0.1, 0.15) is 53.4 Å². The van der Waals surface area contributed by atoms with Crippen LogP contribution in [-0.2, 0) is 0 Å². The summed E-state index contributed by atoms with van der Waals surface area (Å²) in [5.74, 6) is -0.483. The Balaban J connectivity index is 2.48. The molecule has 0 heterocycles. The monoisotopic (exact) mass is 338 g/mol. The molecule has 2 rings (SSSR count). The zero-order valence-corrected chi connectivity index (χ0v) is 15.5. The third kappa shape index (κ3) is 2.88. The number of aliphatic hydroxyl groups excluding tert-OH is 3. The maximum atomic E-state index is 11.1. The normalized spacial score (nSPS) is 46.0. The molecule has 24 heavy (non-hydrogen) atoms. The SMILES string of the molecule is C=CC(=C)[C@@H](O)C[C@H]1[C@](C)(O)[C@@H](O)[C@H](O)[C@H]2C(C)(C)CCC[C@@]21C. The van der Waals surface area contributed by atoms with Gasteiger partial charge in [-0.1, -0.05) is 46.4 Å². The van der Waals surface area contributed by atoms with E-state index in [1.54, 1.807) is 6.92 Å². The van der Waals surface area contributed by atoms with Gasteiger partial charge in [0, 0.05) is 0 Å². The molecule has 138 valence electrons. The first-order valence-corrected chi connectivity index (χ1v) is 8.97. The Hall–Kier alpha value is -0.680. The van der Waals surface area contributed by atoms with E-state index in [0.29, 0.717) is 12.0 Å². The van der Waals surface area contributed by atoms with Gasteiger partial charge < -0.3 is 20.4 Å². The van der Waals surface area contributed by atoms with Crippen molar-refractivity contribution in [1.29, 1.82) is 0 Å². The molecule has 0 bridgehead atoms. The van der Waals surface area contributed by atoms with Crippen LogP contribution in [0.2, 0.25) is 0 Å². The topological polar surface area (TPSA) is 80.9 Å². The van der Waals surface area contributed by atoms with E-state index >= 15 is 0 Å². The highest BCUT2D eigenvalue weighted by molar-refractivity contribution is 5.20. The number of fused-ring (bicyclic) bond motifs is 1. The molecule has 0 amide bonds. The van der Waals surface area contributed by atoms with Gasteiger partial charge in [0.1, 0.15) is 6.10 Å². The minimum Gasteiger partial charge on any atom is -0.390 e. The lowest BCUT2D eigenvalue weighted by molar-refractivity contribution is -0.269. The molecule has 0 aromatic carbocycles. The predicted molar refractivity (Wildman–Crippen MR) is 95.3 cm³/mol. The van der Waals surface area contributed by atoms with Gasteiger partial charge in [0.15, 0.2) is 0 Å². The van der Waals surface area contributed by atoms with E-state index in [9.17, 15) is 20.4 Å². The number of rotatable bonds is 4. The van der Waals surface area contributed by atoms with Crippen LogP contribution in [-0.4, -0.2) is 44.3 Å². The van der Waals surface area contributed by atoms with Crippen LogP contribution in [0.3, 0.4) is 0 Å². The third-order valence-corrected chi connectivity index (χ3v) is 7.00. The number of aliphatic hydroxyl groups is 4. The lowest BCUT2D eigenvalue weighted by Crippen LogP contribution is -2.70. The maximum Gasteiger partial charge on any atom is 0.109 e. The first-order chi connectivity index (χ1) is 10.9. The molecular formula is C20H34O4. The summed E-state index contributed by atoms with van der Waals surface area (Å²) in [6.07, 6.45) is 1.64. The van der Waals surface area contributed by atoms with Crippen LogP contribution < -0.4 is 0 Å². The van der Waals surface area contributed by atoms with Crippen LogP contribution in [0.15, 0.2) is 24.8 Å². The van der Waals surface area contributed by atoms with E-state index in [1.807, 2.05) is 0 Å². The van der Waals surface area contributed by atoms with Crippen molar-refractivity contribution < 1.29 is 20.4 Å². The molecule has 0 saturated heterocycles. The quantitative estimate of drug-likeness (QED) is 0.594. The molecule has 4 nitrogen and oxygen atoms in total. The van der Waals surface area contributed by atoms with Gasteiger partial charge in [0.25, 0.3) is 0 Å². The summed E-state index contributed by atoms with van der Waals surface area (Å²) in [7, 11) is 0. The summed E-state index contributed by atoms with van der Waals surface area (Å²) in [5.41, 5.74) is -1.46. The Morgan fingerprint density at radius 1 is 1.21 bits per heavy atom. The van der Waals surface area contributed by atoms with Gasteiger partial charge in [-0.05, 0) is 54.4 Å². The van der Waals surface area contributed by atoms with E-state index < -0.39 is 23.9 Å². The lowest BCUT2D eigenvalue weighted by Gasteiger charge is -2.64. The molecule has 0 radical (unpaired) electrons. The average Bonchev–Trinajstić information content (AvgIpc) is 2.47. The highest BCUT2D eigenvalue weighted by atomic mass is 16.4. The Morgan fingerprint density at radius 2 is 1.79 bits per heavy atom. The standard InChI is InChI=1S/C20H34O4/c1-7-12(2)13(21)11-14-19(5)10-8-9-18(3,4)16(19)15(22)17(23)20(14,6)24/h7,13-17,21-24H,1-2,8-11H2,3-6H3/t13-,14+,15+,16-,17-,19+,20-/m0/s1. The zero-order chi connectivity index (χ0) is 18.5. The van der Waals surface area contributed by atoms with Crippen LogP contribution in [0.5, 0.6) is 0 Å². The minimum atomic E-state index is -1.47. The fourth-order valence-electron chi connectivity index (χ4n) is 5.79. The molecular weight excluding hydrogens is 304 g/mol. The van der Waals surface area contributed by atoms with Crippen molar-refractivity contribution in [2.24, 2.45) is 22.7 Å². The van der Waals surface area contributed by atoms with Gasteiger partial charge in [0.2, 0.25) is 0 Å². The Bertz CT molecular complexity index is 510. The summed E-state index contributed by atoms with van der Waals surface area (Å²) >= 11 is 0. The summed E-state index contributed by atoms with van der Waals surface area (Å²) < 4.78 is 0. The first kappa shape index (κ1) is 19.6. The van der Waals surface area contributed by atoms with E-state index in [0.717, 1.165) is 19.3 Å². The van der Waals surface area contributed by atoms with Crippen molar-refractivity contribution in [1.82, 2.24) is 0 Å². The molecule has 4 N–H and O–H groups in total. The van der Waals surface area contributed by atoms with E-state index in [2.05, 4.69) is 33.9 Å². The summed E-state index contributed by atoms with van der Waals surface area (Å²) in [6.45, 7) is 15.4. The highest BCUT2D eigenvalue weighted by Crippen LogP contribution is 2.63. The number of hydrogen-bond acceptors (Lipinski definition) is 4. The van der Waals surface area contributed by atoms with Crippen molar-refractivity contribution in [3.63, 3.8) is 0 Å². The second kappa shape index (κ2) is 6.24. The largest absolute Gasteiger partial charge is 0.390 e. The fraction of sp³-hybridized carbons (Fsp3) is 0.800. The van der Waals surface area contributed by atoms with E-state index in [-0.39, 0.29) is 22.7 Å². The zero-order valence-electron chi connectivity index (χ0n) is 15.5. The maximum absolute atomic E-state index is 11.1. The Kier molecular flexibility index (Phi) is 5.11. The average molecular weight is 338 g/mol. The fourth-order valence-corrected chi connectivity index (χ4v) is 5.79. The molecule has 0 aromatic heterocycles. The van der Waals surface area contributed by atoms with E-state index in [1.165, 1.54) is 6.08 Å². The molecule has 4 heteroatoms. The van der Waals surface area contributed by atoms with Gasteiger partial charge in [-0.2, -0.15) is 0 Å². The molecule has 0 unspecified atom stereocenters. The van der Waals surface area contributed by atoms with Gasteiger partial charge in [-0.3, -0.25) is 0 Å². The smallest absolute Gasteiger partial charge is 0.109 e. The summed E-state index contributed by atoms with van der Waals surface area (Å²) in [5, 5.41) is 43.0. The molecule has 0 aliphatic heterocycles. The van der Waals surface area contributed by atoms with Crippen molar-refractivity contribution in [3.8, 4) is 0 Å². The predicted octanol–water partition coefficient (Wildman–Crippen LogP) is 2.41. The van der Waals surface area contributed by atoms with Crippen molar-refractivity contribution >= 4 is 0 Å². The van der Waals surface area contributed by atoms with Crippen LogP contribution in [0, 0.1) is 22.7 Å². The lowest BCUT2D eigenvalue weighted by atomic mass is 9.43. The second-order valence-electron chi connectivity index (χ2n) is 9.07. The molecule has 0 spiro atoms. The number of hydrogen-bond donors (Lipinski definition) is 4. The summed E-state index contributed by atoms with van der Waals surface area (Å²) in [6, 6.07) is 0. The molecule has 7 atom stereocenters. The van der Waals surface area contributed by atoms with Gasteiger partial charge in [-0.15, -0.1) is 0 Å². The highest BCUT2D eigenvalue weighted by Gasteiger charge is 2.65. The third-order valence-electron chi connectivity index (χ3n) is 7.00. The molecule has 2 aliphatic carbocycles. The van der Waals surface area contributed by atoms with Crippen molar-refractivity contribution in [2.45, 2.75) is 77.3 Å². The Labute approximate surface area is 145 Å². The second-order valence-corrected chi connectivity index (χ2v) is 9.07. The minimum absolute atomic E-state index is 0.136. The van der Waals surface area contributed by atoms with Crippen LogP contribution in [0.25, 0.3) is 0 Å². The molecule has 2 fully saturated rings. The molecule has 2 saturated carbocycles. The van der Waals surface area contributed by atoms with Gasteiger partial charge in [-0.25, -0.2) is 0 Å². The Morgan fingerprint density at radius 3 is 2.33 bits per heavy atom.